The Bertz CT molecular complexity index is 5230. The molecule has 548 valence electrons. The van der Waals surface area contributed by atoms with Gasteiger partial charge in [0.15, 0.2) is 23.3 Å². The average Bonchev–Trinajstić information content (AvgIpc) is 1.49. The second-order valence-corrected chi connectivity index (χ2v) is 26.5. The number of aryl methyl sites for hydroxylation is 4. The van der Waals surface area contributed by atoms with Gasteiger partial charge >= 0.3 is 23.9 Å². The molecule has 28 heteroatoms. The summed E-state index contributed by atoms with van der Waals surface area (Å²) in [7, 11) is 0. The fourth-order valence-electron chi connectivity index (χ4n) is 10.7. The van der Waals surface area contributed by atoms with E-state index in [0.717, 1.165) is 110 Å². The Hall–Kier alpha value is -12.8. The van der Waals surface area contributed by atoms with Crippen molar-refractivity contribution in [2.75, 3.05) is 21.3 Å². The SMILES string of the molecule is C=CCc1c(C)nc(-c2ccsc2)nc1Nc1ccc(C(=O)C(=O)O)cc1.C=CCc1c(CC)nc(-c2ccsc2)nc1Nc1ccc(C(=O)C(=O)O)cc1.CCc1c(C)nc(-c2ccsc2)nc1Nc1ccc(C(=O)C(=O)O)cc1.CCc1nc(-c2ccsc2)nc(Nc2ccc(C(=O)C(=O)O)cc2)c1CC. The van der Waals surface area contributed by atoms with Crippen molar-refractivity contribution >= 4 is 138 Å². The minimum Gasteiger partial charge on any atom is -0.475 e. The summed E-state index contributed by atoms with van der Waals surface area (Å²) in [5.41, 5.74) is 14.8. The normalized spacial score (nSPS) is 10.5. The number of allylic oxidation sites excluding steroid dienone is 2. The number of aliphatic carboxylic acids is 4. The Labute approximate surface area is 636 Å². The first kappa shape index (κ1) is 79.4. The summed E-state index contributed by atoms with van der Waals surface area (Å²) in [5, 5.41) is 64.2. The molecule has 0 bridgehead atoms. The lowest BCUT2D eigenvalue weighted by molar-refractivity contribution is -0.132. The minimum absolute atomic E-state index is 0.122. The number of thiophene rings is 4. The second-order valence-electron chi connectivity index (χ2n) is 23.4. The number of rotatable bonds is 28. The number of carboxylic acid groups (broad SMARTS) is 4. The van der Waals surface area contributed by atoms with Gasteiger partial charge in [0.05, 0.1) is 0 Å². The van der Waals surface area contributed by atoms with Crippen LogP contribution in [0.3, 0.4) is 0 Å². The molecule has 0 aliphatic carbocycles. The zero-order valence-corrected chi connectivity index (χ0v) is 62.5. The predicted octanol–water partition coefficient (Wildman–Crippen LogP) is 17.2. The van der Waals surface area contributed by atoms with Crippen LogP contribution in [0.4, 0.5) is 46.0 Å². The predicted molar refractivity (Wildman–Crippen MR) is 423 cm³/mol. The van der Waals surface area contributed by atoms with Gasteiger partial charge in [0, 0.05) is 134 Å². The fraction of sp³-hybridized carbons (Fsp3) is 0.150. The van der Waals surface area contributed by atoms with Gasteiger partial charge < -0.3 is 41.7 Å². The molecule has 0 amide bonds. The van der Waals surface area contributed by atoms with E-state index >= 15 is 0 Å². The summed E-state index contributed by atoms with van der Waals surface area (Å²) in [6.07, 6.45) is 7.92. The highest BCUT2D eigenvalue weighted by Gasteiger charge is 2.22. The molecule has 4 aromatic carbocycles. The Morgan fingerprint density at radius 2 is 0.583 bits per heavy atom. The highest BCUT2D eigenvalue weighted by Crippen LogP contribution is 2.33. The van der Waals surface area contributed by atoms with Crippen LogP contribution in [0.25, 0.3) is 45.6 Å². The van der Waals surface area contributed by atoms with Gasteiger partial charge in [0.25, 0.3) is 23.1 Å². The van der Waals surface area contributed by atoms with Crippen molar-refractivity contribution in [1.82, 2.24) is 39.9 Å². The van der Waals surface area contributed by atoms with Crippen molar-refractivity contribution < 1.29 is 58.8 Å². The molecule has 24 nitrogen and oxygen atoms in total. The van der Waals surface area contributed by atoms with E-state index in [1.807, 2.05) is 101 Å². The molecule has 0 aliphatic heterocycles. The van der Waals surface area contributed by atoms with E-state index in [2.05, 4.69) is 68.2 Å². The lowest BCUT2D eigenvalue weighted by Gasteiger charge is -2.15. The zero-order chi connectivity index (χ0) is 77.6. The molecular weight excluding hydrogens is 1450 g/mol. The molecule has 0 spiro atoms. The van der Waals surface area contributed by atoms with Gasteiger partial charge in [-0.2, -0.15) is 45.3 Å². The third kappa shape index (κ3) is 20.4. The maximum Gasteiger partial charge on any atom is 0.377 e. The Kier molecular flexibility index (Phi) is 27.8. The van der Waals surface area contributed by atoms with Gasteiger partial charge in [-0.25, -0.2) is 59.0 Å². The zero-order valence-electron chi connectivity index (χ0n) is 59.2. The van der Waals surface area contributed by atoms with Gasteiger partial charge in [0.2, 0.25) is 0 Å². The maximum atomic E-state index is 11.6. The quantitative estimate of drug-likeness (QED) is 0.0128. The number of aromatic nitrogens is 8. The number of carbonyl (C=O) groups is 8. The van der Waals surface area contributed by atoms with Crippen molar-refractivity contribution in [3.8, 4) is 45.6 Å². The van der Waals surface area contributed by atoms with Gasteiger partial charge in [-0.1, -0.05) is 39.8 Å². The number of nitrogens with zero attached hydrogens (tertiary/aromatic N) is 8. The van der Waals surface area contributed by atoms with Crippen LogP contribution >= 0.6 is 45.3 Å². The third-order valence-electron chi connectivity index (χ3n) is 16.2. The fourth-order valence-corrected chi connectivity index (χ4v) is 13.3. The lowest BCUT2D eigenvalue weighted by atomic mass is 10.1. The molecule has 0 unspecified atom stereocenters. The first-order valence-electron chi connectivity index (χ1n) is 33.5. The van der Waals surface area contributed by atoms with Crippen molar-refractivity contribution in [1.29, 1.82) is 0 Å². The van der Waals surface area contributed by atoms with Crippen molar-refractivity contribution in [2.45, 2.75) is 80.1 Å². The standard InChI is InChI=1S/C21H19N3O3S.C20H17N3O3S.C20H19N3O3S.C19H17N3O3S/c1-3-5-16-17(4-2)23-19(14-10-11-28-12-14)24-20(16)22-15-8-6-13(7-9-15)18(25)21(26)27;1-3-4-16-12(2)21-18(14-9-10-27-11-14)23-19(16)22-15-7-5-13(6-8-15)17(24)20(25)26;1-3-15-16(4-2)22-18(13-9-10-27-11-13)23-19(15)21-14-7-5-12(6-8-14)17(24)20(25)26;1-3-15-11(2)20-17(13-8-9-26-10-13)22-18(15)21-14-6-4-12(5-7-14)16(23)19(24)25/h3,6-12H,1,4-5H2,2H3,(H,26,27)(H,22,23,24);3,5-11H,1,4H2,2H3,(H,25,26)(H,21,22,23);5-11H,3-4H2,1-2H3,(H,25,26)(H,21,22,23);4-10H,3H2,1-2H3,(H,24,25)(H,20,21,22). The average molecular weight is 1520 g/mol. The van der Waals surface area contributed by atoms with Crippen molar-refractivity contribution in [3.63, 3.8) is 0 Å². The Balaban J connectivity index is 0.000000166. The van der Waals surface area contributed by atoms with Gasteiger partial charge in [0.1, 0.15) is 23.3 Å². The lowest BCUT2D eigenvalue weighted by Crippen LogP contribution is -2.12. The first-order chi connectivity index (χ1) is 52.0. The molecule has 8 N–H and O–H groups in total. The molecule has 0 saturated heterocycles. The van der Waals surface area contributed by atoms with Gasteiger partial charge in [-0.15, -0.1) is 13.2 Å². The van der Waals surface area contributed by atoms with Crippen LogP contribution in [0.2, 0.25) is 0 Å². The van der Waals surface area contributed by atoms with E-state index in [1.165, 1.54) is 48.5 Å². The number of carbonyl (C=O) groups excluding carboxylic acids is 4. The Morgan fingerprint density at radius 3 is 0.843 bits per heavy atom. The molecule has 8 heterocycles. The van der Waals surface area contributed by atoms with Crippen LogP contribution in [-0.2, 0) is 57.7 Å². The Morgan fingerprint density at radius 1 is 0.333 bits per heavy atom. The monoisotopic (exact) mass is 1520 g/mol. The maximum absolute atomic E-state index is 11.6. The number of anilines is 8. The summed E-state index contributed by atoms with van der Waals surface area (Å²) < 4.78 is 0. The van der Waals surface area contributed by atoms with Crippen LogP contribution < -0.4 is 21.3 Å². The number of hydrogen-bond donors (Lipinski definition) is 8. The molecule has 0 saturated carbocycles. The summed E-state index contributed by atoms with van der Waals surface area (Å²) >= 11 is 6.34. The highest BCUT2D eigenvalue weighted by atomic mass is 32.1. The van der Waals surface area contributed by atoms with Crippen molar-refractivity contribution in [3.05, 3.63) is 257 Å². The minimum atomic E-state index is -1.48. The number of hydrogen-bond acceptors (Lipinski definition) is 24. The van der Waals surface area contributed by atoms with Crippen molar-refractivity contribution in [2.24, 2.45) is 0 Å². The van der Waals surface area contributed by atoms with Gasteiger partial charge in [-0.05, 0) is 195 Å². The van der Waals surface area contributed by atoms with Gasteiger partial charge in [-0.3, -0.25) is 19.2 Å². The molecular formula is C80H72N12O12S4. The molecule has 0 aliphatic rings. The van der Waals surface area contributed by atoms with E-state index in [0.29, 0.717) is 65.0 Å². The number of ketones is 4. The highest BCUT2D eigenvalue weighted by molar-refractivity contribution is 7.09. The van der Waals surface area contributed by atoms with Crippen LogP contribution in [-0.4, -0.2) is 107 Å². The third-order valence-corrected chi connectivity index (χ3v) is 19.0. The van der Waals surface area contributed by atoms with Crippen LogP contribution in [0.1, 0.15) is 114 Å². The largest absolute Gasteiger partial charge is 0.475 e. The summed E-state index contributed by atoms with van der Waals surface area (Å²) in [4.78, 5) is 127. The van der Waals surface area contributed by atoms with Crippen LogP contribution in [0, 0.1) is 13.8 Å². The van der Waals surface area contributed by atoms with Crippen LogP contribution in [0.5, 0.6) is 0 Å². The first-order valence-corrected chi connectivity index (χ1v) is 37.3. The summed E-state index contributed by atoms with van der Waals surface area (Å²) in [5.74, 6) is -4.26. The van der Waals surface area contributed by atoms with E-state index in [1.54, 1.807) is 100.0 Å². The topological polar surface area (TPSA) is 369 Å². The molecule has 0 atom stereocenters. The molecule has 8 aromatic heterocycles. The molecule has 0 radical (unpaired) electrons. The molecule has 12 rings (SSSR count). The second kappa shape index (κ2) is 37.8. The molecule has 12 aromatic rings. The van der Waals surface area contributed by atoms with E-state index in [9.17, 15) is 38.4 Å². The number of benzene rings is 4. The van der Waals surface area contributed by atoms with E-state index < -0.39 is 47.0 Å². The summed E-state index contributed by atoms with van der Waals surface area (Å²) in [6.45, 7) is 19.7. The smallest absolute Gasteiger partial charge is 0.377 e. The van der Waals surface area contributed by atoms with E-state index in [-0.39, 0.29) is 22.3 Å². The number of carboxylic acids is 4. The summed E-state index contributed by atoms with van der Waals surface area (Å²) in [6, 6.07) is 33.0. The number of Topliss-reactive ketones (excluding diaryl/α,β-unsaturated/α-hetero) is 4. The number of nitrogens with one attached hydrogen (secondary N) is 4. The molecule has 108 heavy (non-hydrogen) atoms. The van der Waals surface area contributed by atoms with Crippen LogP contribution in [0.15, 0.2) is 190 Å². The molecule has 0 fully saturated rings. The van der Waals surface area contributed by atoms with E-state index in [4.69, 9.17) is 40.4 Å².